The molecule has 0 fully saturated rings. The number of hydrogen-bond donors (Lipinski definition) is 0. The minimum Gasteiger partial charge on any atom is -0.495 e. The van der Waals surface area contributed by atoms with Crippen LogP contribution in [-0.4, -0.2) is 24.5 Å². The molecule has 0 bridgehead atoms. The number of fused-ring (bicyclic) bond motifs is 1. The third kappa shape index (κ3) is 2.53. The third-order valence-corrected chi connectivity index (χ3v) is 6.31. The summed E-state index contributed by atoms with van der Waals surface area (Å²) >= 11 is 3.39. The number of benzene rings is 2. The highest BCUT2D eigenvalue weighted by atomic mass is 79.9. The van der Waals surface area contributed by atoms with E-state index in [2.05, 4.69) is 20.9 Å². The number of hydrogen-bond acceptors (Lipinski definition) is 4. The Labute approximate surface area is 143 Å². The van der Waals surface area contributed by atoms with E-state index in [0.29, 0.717) is 27.1 Å². The van der Waals surface area contributed by atoms with E-state index >= 15 is 0 Å². The second kappa shape index (κ2) is 5.65. The van der Waals surface area contributed by atoms with Crippen LogP contribution in [0.5, 0.6) is 5.75 Å². The molecule has 0 unspecified atom stereocenters. The highest BCUT2D eigenvalue weighted by molar-refractivity contribution is 9.10. The van der Waals surface area contributed by atoms with E-state index in [4.69, 9.17) is 4.74 Å². The molecule has 0 saturated heterocycles. The smallest absolute Gasteiger partial charge is 0.273 e. The van der Waals surface area contributed by atoms with Crippen molar-refractivity contribution in [2.24, 2.45) is 0 Å². The highest BCUT2D eigenvalue weighted by Gasteiger charge is 2.26. The summed E-state index contributed by atoms with van der Waals surface area (Å²) in [6.45, 7) is 3.55. The van der Waals surface area contributed by atoms with Crippen molar-refractivity contribution in [3.8, 4) is 5.75 Å². The lowest BCUT2D eigenvalue weighted by Gasteiger charge is -2.14. The number of methoxy groups -OCH3 is 1. The molecule has 0 saturated carbocycles. The van der Waals surface area contributed by atoms with Crippen molar-refractivity contribution in [1.82, 2.24) is 8.96 Å². The predicted octanol–water partition coefficient (Wildman–Crippen LogP) is 3.66. The summed E-state index contributed by atoms with van der Waals surface area (Å²) in [5.41, 5.74) is 2.08. The number of ether oxygens (including phenoxy) is 1. The Morgan fingerprint density at radius 3 is 2.57 bits per heavy atom. The van der Waals surface area contributed by atoms with Gasteiger partial charge in [0.2, 0.25) is 0 Å². The zero-order valence-electron chi connectivity index (χ0n) is 12.9. The molecule has 0 aliphatic carbocycles. The number of halogens is 1. The molecule has 0 N–H and O–H groups in total. The summed E-state index contributed by atoms with van der Waals surface area (Å²) in [4.78, 5) is 4.43. The Kier molecular flexibility index (Phi) is 3.93. The lowest BCUT2D eigenvalue weighted by atomic mass is 10.2. The predicted molar refractivity (Wildman–Crippen MR) is 92.5 cm³/mol. The van der Waals surface area contributed by atoms with Crippen LogP contribution in [0.15, 0.2) is 45.8 Å². The fourth-order valence-corrected chi connectivity index (χ4v) is 4.68. The number of aromatic nitrogens is 2. The average Bonchev–Trinajstić information content (AvgIpc) is 2.85. The number of aryl methyl sites for hydroxylation is 2. The first-order valence-corrected chi connectivity index (χ1v) is 9.13. The molecule has 1 heterocycles. The molecule has 23 heavy (non-hydrogen) atoms. The fraction of sp³-hybridized carbons (Fsp3) is 0.188. The van der Waals surface area contributed by atoms with Gasteiger partial charge < -0.3 is 4.74 Å². The van der Waals surface area contributed by atoms with Crippen molar-refractivity contribution in [2.45, 2.75) is 18.7 Å². The molecule has 0 aliphatic heterocycles. The molecule has 1 aromatic heterocycles. The quantitative estimate of drug-likeness (QED) is 0.679. The Morgan fingerprint density at radius 2 is 1.87 bits per heavy atom. The van der Waals surface area contributed by atoms with E-state index in [-0.39, 0.29) is 4.90 Å². The average molecular weight is 395 g/mol. The summed E-state index contributed by atoms with van der Waals surface area (Å²) in [6, 6.07) is 10.4. The Morgan fingerprint density at radius 1 is 1.17 bits per heavy atom. The summed E-state index contributed by atoms with van der Waals surface area (Å²) < 4.78 is 33.6. The molecule has 0 radical (unpaired) electrons. The summed E-state index contributed by atoms with van der Waals surface area (Å²) in [7, 11) is -2.38. The van der Waals surface area contributed by atoms with Gasteiger partial charge in [-0.25, -0.2) is 17.4 Å². The van der Waals surface area contributed by atoms with Crippen LogP contribution in [0.1, 0.15) is 11.4 Å². The molecule has 0 amide bonds. The molecule has 3 aromatic rings. The Hall–Kier alpha value is -1.86. The molecule has 2 aromatic carbocycles. The van der Waals surface area contributed by atoms with E-state index < -0.39 is 10.0 Å². The maximum Gasteiger partial charge on any atom is 0.273 e. The van der Waals surface area contributed by atoms with Crippen LogP contribution in [0, 0.1) is 13.8 Å². The standard InChI is InChI=1S/C16H15BrN2O3S/c1-10-8-15(22-3)16(9-12(10)17)23(20,21)19-11(2)18-13-6-4-5-7-14(13)19/h4-9H,1-3H3. The van der Waals surface area contributed by atoms with Crippen LogP contribution in [0.25, 0.3) is 11.0 Å². The first-order chi connectivity index (χ1) is 10.9. The van der Waals surface area contributed by atoms with Gasteiger partial charge in [0, 0.05) is 4.47 Å². The van der Waals surface area contributed by atoms with Crippen LogP contribution in [0.2, 0.25) is 0 Å². The van der Waals surface area contributed by atoms with Crippen molar-refractivity contribution >= 4 is 37.0 Å². The lowest BCUT2D eigenvalue weighted by Crippen LogP contribution is -2.15. The molecule has 7 heteroatoms. The maximum absolute atomic E-state index is 13.2. The van der Waals surface area contributed by atoms with Gasteiger partial charge in [-0.3, -0.25) is 0 Å². The Balaban J connectivity index is 2.35. The first kappa shape index (κ1) is 16.0. The van der Waals surface area contributed by atoms with Gasteiger partial charge in [-0.2, -0.15) is 0 Å². The molecular weight excluding hydrogens is 380 g/mol. The van der Waals surface area contributed by atoms with Crippen LogP contribution < -0.4 is 4.74 Å². The Bertz CT molecular complexity index is 1010. The summed E-state index contributed by atoms with van der Waals surface area (Å²) in [6.07, 6.45) is 0. The lowest BCUT2D eigenvalue weighted by molar-refractivity contribution is 0.402. The number of rotatable bonds is 3. The topological polar surface area (TPSA) is 61.2 Å². The summed E-state index contributed by atoms with van der Waals surface area (Å²) in [5.74, 6) is 0.716. The van der Waals surface area contributed by atoms with Gasteiger partial charge in [-0.15, -0.1) is 0 Å². The molecule has 0 atom stereocenters. The van der Waals surface area contributed by atoms with Crippen LogP contribution in [0.4, 0.5) is 0 Å². The van der Waals surface area contributed by atoms with Crippen LogP contribution in [0.3, 0.4) is 0 Å². The fourth-order valence-electron chi connectivity index (χ4n) is 2.52. The van der Waals surface area contributed by atoms with Crippen LogP contribution >= 0.6 is 15.9 Å². The van der Waals surface area contributed by atoms with Crippen molar-refractivity contribution in [3.63, 3.8) is 0 Å². The largest absolute Gasteiger partial charge is 0.495 e. The molecule has 5 nitrogen and oxygen atoms in total. The molecule has 0 spiro atoms. The van der Waals surface area contributed by atoms with Crippen molar-refractivity contribution in [1.29, 1.82) is 0 Å². The first-order valence-electron chi connectivity index (χ1n) is 6.90. The monoisotopic (exact) mass is 394 g/mol. The maximum atomic E-state index is 13.2. The number of imidazole rings is 1. The van der Waals surface area contributed by atoms with Gasteiger partial charge in [0.1, 0.15) is 16.5 Å². The van der Waals surface area contributed by atoms with E-state index in [9.17, 15) is 8.42 Å². The van der Waals surface area contributed by atoms with Gasteiger partial charge in [-0.05, 0) is 43.7 Å². The van der Waals surface area contributed by atoms with Crippen LogP contribution in [-0.2, 0) is 10.0 Å². The zero-order chi connectivity index (χ0) is 16.8. The van der Waals surface area contributed by atoms with Gasteiger partial charge in [0.05, 0.1) is 18.1 Å². The van der Waals surface area contributed by atoms with Gasteiger partial charge >= 0.3 is 0 Å². The van der Waals surface area contributed by atoms with E-state index in [1.54, 1.807) is 37.3 Å². The van der Waals surface area contributed by atoms with E-state index in [1.807, 2.05) is 13.0 Å². The van der Waals surface area contributed by atoms with Gasteiger partial charge in [-0.1, -0.05) is 28.1 Å². The molecule has 0 aliphatic rings. The van der Waals surface area contributed by atoms with Crippen molar-refractivity contribution in [2.75, 3.05) is 7.11 Å². The van der Waals surface area contributed by atoms with Crippen molar-refractivity contribution < 1.29 is 13.2 Å². The number of para-hydroxylation sites is 2. The van der Waals surface area contributed by atoms with Crippen molar-refractivity contribution in [3.05, 3.63) is 52.3 Å². The molecule has 3 rings (SSSR count). The van der Waals surface area contributed by atoms with E-state index in [1.165, 1.54) is 11.1 Å². The van der Waals surface area contributed by atoms with Gasteiger partial charge in [0.25, 0.3) is 10.0 Å². The number of nitrogens with zero attached hydrogens (tertiary/aromatic N) is 2. The summed E-state index contributed by atoms with van der Waals surface area (Å²) in [5, 5.41) is 0. The highest BCUT2D eigenvalue weighted by Crippen LogP contribution is 2.33. The SMILES string of the molecule is COc1cc(C)c(Br)cc1S(=O)(=O)n1c(C)nc2ccccc21. The molecule has 120 valence electrons. The zero-order valence-corrected chi connectivity index (χ0v) is 15.3. The third-order valence-electron chi connectivity index (χ3n) is 3.64. The minimum atomic E-state index is -3.84. The van der Waals surface area contributed by atoms with E-state index in [0.717, 1.165) is 5.56 Å². The molecular formula is C16H15BrN2O3S. The second-order valence-electron chi connectivity index (χ2n) is 5.17. The minimum absolute atomic E-state index is 0.101. The van der Waals surface area contributed by atoms with Gasteiger partial charge in [0.15, 0.2) is 0 Å². The second-order valence-corrected chi connectivity index (χ2v) is 7.78. The normalized spacial score (nSPS) is 11.8.